The van der Waals surface area contributed by atoms with Gasteiger partial charge in [0.1, 0.15) is 11.5 Å². The van der Waals surface area contributed by atoms with Crippen molar-refractivity contribution in [3.63, 3.8) is 0 Å². The van der Waals surface area contributed by atoms with E-state index in [0.29, 0.717) is 6.04 Å². The lowest BCUT2D eigenvalue weighted by atomic mass is 9.73. The Morgan fingerprint density at radius 1 is 1.07 bits per heavy atom. The van der Waals surface area contributed by atoms with Gasteiger partial charge in [-0.3, -0.25) is 4.79 Å². The van der Waals surface area contributed by atoms with Gasteiger partial charge < -0.3 is 20.1 Å². The van der Waals surface area contributed by atoms with Gasteiger partial charge in [0.15, 0.2) is 0 Å². The van der Waals surface area contributed by atoms with Crippen molar-refractivity contribution < 1.29 is 14.3 Å². The number of ether oxygens (including phenoxy) is 2. The molecule has 1 fully saturated rings. The van der Waals surface area contributed by atoms with Gasteiger partial charge in [0.25, 0.3) is 0 Å². The Hall–Kier alpha value is -2.53. The summed E-state index contributed by atoms with van der Waals surface area (Å²) < 4.78 is 10.6. The molecule has 5 nitrogen and oxygen atoms in total. The molecule has 0 aliphatic heterocycles. The van der Waals surface area contributed by atoms with E-state index in [1.807, 2.05) is 37.3 Å². The van der Waals surface area contributed by atoms with Gasteiger partial charge in [-0.25, -0.2) is 0 Å². The molecule has 0 radical (unpaired) electrons. The molecule has 1 amide bonds. The van der Waals surface area contributed by atoms with Gasteiger partial charge in [0.05, 0.1) is 14.2 Å². The van der Waals surface area contributed by atoms with Crippen molar-refractivity contribution in [1.82, 2.24) is 5.32 Å². The molecule has 1 saturated carbocycles. The zero-order valence-corrected chi connectivity index (χ0v) is 17.9. The maximum Gasteiger partial charge on any atom is 0.230 e. The second-order valence-electron chi connectivity index (χ2n) is 8.20. The van der Waals surface area contributed by atoms with Crippen LogP contribution in [0.4, 0.5) is 5.69 Å². The number of nitrogens with one attached hydrogen (secondary N) is 2. The lowest BCUT2D eigenvalue weighted by Crippen LogP contribution is -2.42. The second kappa shape index (κ2) is 9.31. The van der Waals surface area contributed by atoms with Gasteiger partial charge in [-0.05, 0) is 61.9 Å². The number of benzene rings is 2. The fourth-order valence-corrected chi connectivity index (χ4v) is 3.87. The summed E-state index contributed by atoms with van der Waals surface area (Å²) in [6.07, 6.45) is 3.75. The summed E-state index contributed by atoms with van der Waals surface area (Å²) in [7, 11) is 3.33. The second-order valence-corrected chi connectivity index (χ2v) is 8.20. The fraction of sp³-hybridized carbons (Fsp3) is 0.458. The Balaban J connectivity index is 1.50. The maximum absolute atomic E-state index is 12.9. The Kier molecular flexibility index (Phi) is 6.80. The van der Waals surface area contributed by atoms with Crippen LogP contribution in [0.2, 0.25) is 0 Å². The van der Waals surface area contributed by atoms with E-state index in [1.165, 1.54) is 5.56 Å². The van der Waals surface area contributed by atoms with Crippen molar-refractivity contribution in [2.75, 3.05) is 19.5 Å². The first-order chi connectivity index (χ1) is 13.9. The average molecular weight is 397 g/mol. The molecule has 156 valence electrons. The summed E-state index contributed by atoms with van der Waals surface area (Å²) in [4.78, 5) is 12.9. The highest BCUT2D eigenvalue weighted by Gasteiger charge is 2.37. The molecule has 5 heteroatoms. The maximum atomic E-state index is 12.9. The summed E-state index contributed by atoms with van der Waals surface area (Å²) in [5, 5.41) is 6.72. The van der Waals surface area contributed by atoms with Crippen LogP contribution < -0.4 is 20.1 Å². The predicted molar refractivity (Wildman–Crippen MR) is 117 cm³/mol. The minimum Gasteiger partial charge on any atom is -0.497 e. The van der Waals surface area contributed by atoms with Crippen molar-refractivity contribution >= 4 is 11.6 Å². The van der Waals surface area contributed by atoms with Crippen LogP contribution >= 0.6 is 0 Å². The Labute approximate surface area is 173 Å². The van der Waals surface area contributed by atoms with Gasteiger partial charge in [-0.15, -0.1) is 0 Å². The van der Waals surface area contributed by atoms with E-state index < -0.39 is 0 Å². The number of carbonyl (C=O) groups is 1. The van der Waals surface area contributed by atoms with Crippen LogP contribution in [-0.2, 0) is 11.3 Å². The van der Waals surface area contributed by atoms with Crippen LogP contribution in [0, 0.1) is 12.3 Å². The van der Waals surface area contributed by atoms with Gasteiger partial charge in [-0.1, -0.05) is 25.1 Å². The number of aryl methyl sites for hydroxylation is 1. The molecule has 2 aromatic rings. The molecular formula is C24H32N2O3. The topological polar surface area (TPSA) is 59.6 Å². The van der Waals surface area contributed by atoms with E-state index >= 15 is 0 Å². The Morgan fingerprint density at radius 3 is 2.38 bits per heavy atom. The highest BCUT2D eigenvalue weighted by Crippen LogP contribution is 2.37. The van der Waals surface area contributed by atoms with Crippen molar-refractivity contribution in [1.29, 1.82) is 0 Å². The van der Waals surface area contributed by atoms with Gasteiger partial charge in [0.2, 0.25) is 5.91 Å². The molecule has 3 rings (SSSR count). The largest absolute Gasteiger partial charge is 0.497 e. The number of rotatable bonds is 7. The van der Waals surface area contributed by atoms with Crippen molar-refractivity contribution in [3.8, 4) is 11.5 Å². The van der Waals surface area contributed by atoms with Crippen LogP contribution in [0.5, 0.6) is 11.5 Å². The molecule has 29 heavy (non-hydrogen) atoms. The summed E-state index contributed by atoms with van der Waals surface area (Å²) in [6, 6.07) is 14.4. The first kappa shape index (κ1) is 21.2. The minimum absolute atomic E-state index is 0.0945. The number of hydrogen-bond acceptors (Lipinski definition) is 4. The van der Waals surface area contributed by atoms with Crippen LogP contribution in [0.3, 0.4) is 0 Å². The van der Waals surface area contributed by atoms with Crippen molar-refractivity contribution in [2.24, 2.45) is 5.41 Å². The highest BCUT2D eigenvalue weighted by atomic mass is 16.5. The van der Waals surface area contributed by atoms with E-state index in [1.54, 1.807) is 14.2 Å². The molecular weight excluding hydrogens is 364 g/mol. The van der Waals surface area contributed by atoms with E-state index in [-0.39, 0.29) is 11.3 Å². The zero-order chi connectivity index (χ0) is 20.9. The van der Waals surface area contributed by atoms with Gasteiger partial charge in [0, 0.05) is 29.8 Å². The molecule has 2 N–H and O–H groups in total. The number of hydrogen-bond donors (Lipinski definition) is 2. The molecule has 0 saturated heterocycles. The Morgan fingerprint density at radius 2 is 1.76 bits per heavy atom. The molecule has 0 aromatic heterocycles. The molecule has 2 aromatic carbocycles. The van der Waals surface area contributed by atoms with Crippen LogP contribution in [0.25, 0.3) is 0 Å². The number of methoxy groups -OCH3 is 2. The summed E-state index contributed by atoms with van der Waals surface area (Å²) >= 11 is 0. The summed E-state index contributed by atoms with van der Waals surface area (Å²) in [6.45, 7) is 4.90. The van der Waals surface area contributed by atoms with Crippen LogP contribution in [0.15, 0.2) is 42.5 Å². The molecule has 0 heterocycles. The minimum atomic E-state index is -0.337. The first-order valence-electron chi connectivity index (χ1n) is 10.3. The number of amides is 1. The molecule has 1 aliphatic rings. The molecule has 0 bridgehead atoms. The van der Waals surface area contributed by atoms with E-state index in [9.17, 15) is 4.79 Å². The van der Waals surface area contributed by atoms with Crippen LogP contribution in [0.1, 0.15) is 43.7 Å². The highest BCUT2D eigenvalue weighted by molar-refractivity contribution is 5.95. The summed E-state index contributed by atoms with van der Waals surface area (Å²) in [5.41, 5.74) is 2.75. The van der Waals surface area contributed by atoms with Gasteiger partial charge in [-0.2, -0.15) is 0 Å². The normalized spacial score (nSPS) is 21.4. The molecule has 0 spiro atoms. The van der Waals surface area contributed by atoms with Crippen molar-refractivity contribution in [2.45, 2.75) is 52.1 Å². The van der Waals surface area contributed by atoms with E-state index in [0.717, 1.165) is 55.0 Å². The lowest BCUT2D eigenvalue weighted by Gasteiger charge is -2.36. The predicted octanol–water partition coefficient (Wildman–Crippen LogP) is 4.69. The van der Waals surface area contributed by atoms with E-state index in [4.69, 9.17) is 9.47 Å². The van der Waals surface area contributed by atoms with Crippen molar-refractivity contribution in [3.05, 3.63) is 53.6 Å². The fourth-order valence-electron chi connectivity index (χ4n) is 3.87. The third-order valence-corrected chi connectivity index (χ3v) is 6.06. The monoisotopic (exact) mass is 396 g/mol. The van der Waals surface area contributed by atoms with Gasteiger partial charge >= 0.3 is 0 Å². The average Bonchev–Trinajstić information content (AvgIpc) is 2.75. The number of carbonyl (C=O) groups excluding carboxylic acids is 1. The first-order valence-corrected chi connectivity index (χ1v) is 10.3. The smallest absolute Gasteiger partial charge is 0.230 e. The molecule has 1 aliphatic carbocycles. The Bertz CT molecular complexity index is 825. The standard InChI is InChI=1S/C24H32N2O3/c1-17-5-8-20(15-22(17)29-4)26-23(27)24(2)13-11-19(12-14-24)25-16-18-6-9-21(28-3)10-7-18/h5-10,15,19,25H,11-14,16H2,1-4H3,(H,26,27). The molecule has 0 unspecified atom stereocenters. The van der Waals surface area contributed by atoms with E-state index in [2.05, 4.69) is 29.7 Å². The summed E-state index contributed by atoms with van der Waals surface area (Å²) in [5.74, 6) is 1.76. The van der Waals surface area contributed by atoms with Crippen LogP contribution in [-0.4, -0.2) is 26.2 Å². The third-order valence-electron chi connectivity index (χ3n) is 6.06. The third kappa shape index (κ3) is 5.30. The molecule has 0 atom stereocenters. The zero-order valence-electron chi connectivity index (χ0n) is 17.9. The lowest BCUT2D eigenvalue weighted by molar-refractivity contribution is -0.126. The SMILES string of the molecule is COc1ccc(CNC2CCC(C)(C(=O)Nc3ccc(C)c(OC)c3)CC2)cc1. The number of anilines is 1. The quantitative estimate of drug-likeness (QED) is 0.713.